The standard InChI is InChI=1S/C20H36N6O2S/c1-7-28-19(27)17-15(3)23-18(29-17)16(4)24-20(21-5)22-12-14(2)13-26-10-8-25(6)9-11-26/h14,16H,7-13H2,1-6H3,(H2,21,22,24). The van der Waals surface area contributed by atoms with E-state index in [1.807, 2.05) is 13.8 Å². The Kier molecular flexibility index (Phi) is 9.32. The highest BCUT2D eigenvalue weighted by Gasteiger charge is 2.20. The molecular weight excluding hydrogens is 388 g/mol. The van der Waals surface area contributed by atoms with Crippen LogP contribution in [0.25, 0.3) is 0 Å². The largest absolute Gasteiger partial charge is 0.462 e. The summed E-state index contributed by atoms with van der Waals surface area (Å²) >= 11 is 1.37. The van der Waals surface area contributed by atoms with Gasteiger partial charge < -0.3 is 25.2 Å². The lowest BCUT2D eigenvalue weighted by atomic mass is 10.1. The van der Waals surface area contributed by atoms with Gasteiger partial charge in [-0.1, -0.05) is 6.92 Å². The molecule has 0 radical (unpaired) electrons. The Morgan fingerprint density at radius 3 is 2.62 bits per heavy atom. The minimum absolute atomic E-state index is 0.0546. The summed E-state index contributed by atoms with van der Waals surface area (Å²) in [7, 11) is 3.95. The number of carbonyl (C=O) groups is 1. The van der Waals surface area contributed by atoms with Gasteiger partial charge in [-0.15, -0.1) is 11.3 Å². The molecule has 2 rings (SSSR count). The summed E-state index contributed by atoms with van der Waals surface area (Å²) in [6.07, 6.45) is 0. The second-order valence-corrected chi connectivity index (χ2v) is 8.75. The Morgan fingerprint density at radius 2 is 2.00 bits per heavy atom. The maximum atomic E-state index is 12.0. The summed E-state index contributed by atoms with van der Waals surface area (Å²) in [4.78, 5) is 26.4. The molecule has 1 aromatic rings. The van der Waals surface area contributed by atoms with Gasteiger partial charge >= 0.3 is 5.97 Å². The van der Waals surface area contributed by atoms with E-state index in [-0.39, 0.29) is 12.0 Å². The number of nitrogens with one attached hydrogen (secondary N) is 2. The summed E-state index contributed by atoms with van der Waals surface area (Å²) in [5.41, 5.74) is 0.709. The number of likely N-dealkylation sites (N-methyl/N-ethyl adjacent to an activating group) is 1. The number of aryl methyl sites for hydroxylation is 1. The van der Waals surface area contributed by atoms with E-state index < -0.39 is 0 Å². The van der Waals surface area contributed by atoms with Gasteiger partial charge in [-0.25, -0.2) is 9.78 Å². The first-order chi connectivity index (χ1) is 13.8. The minimum atomic E-state index is -0.304. The average Bonchev–Trinajstić information content (AvgIpc) is 3.09. The molecule has 1 aliphatic heterocycles. The quantitative estimate of drug-likeness (QED) is 0.374. The lowest BCUT2D eigenvalue weighted by molar-refractivity contribution is 0.0531. The second-order valence-electron chi connectivity index (χ2n) is 7.72. The first-order valence-corrected chi connectivity index (χ1v) is 11.2. The molecule has 1 aliphatic rings. The highest BCUT2D eigenvalue weighted by molar-refractivity contribution is 7.13. The number of ether oxygens (including phenoxy) is 1. The fourth-order valence-electron chi connectivity index (χ4n) is 3.26. The number of guanidine groups is 1. The van der Waals surface area contributed by atoms with Crippen LogP contribution in [-0.2, 0) is 4.74 Å². The molecule has 1 saturated heterocycles. The van der Waals surface area contributed by atoms with E-state index in [1.54, 1.807) is 14.0 Å². The van der Waals surface area contributed by atoms with Crippen molar-refractivity contribution in [3.8, 4) is 0 Å². The molecule has 2 unspecified atom stereocenters. The summed E-state index contributed by atoms with van der Waals surface area (Å²) in [6.45, 7) is 14.8. The van der Waals surface area contributed by atoms with Crippen LogP contribution in [0, 0.1) is 12.8 Å². The zero-order valence-corrected chi connectivity index (χ0v) is 19.4. The first-order valence-electron chi connectivity index (χ1n) is 10.4. The van der Waals surface area contributed by atoms with Crippen molar-refractivity contribution in [1.29, 1.82) is 0 Å². The van der Waals surface area contributed by atoms with E-state index in [9.17, 15) is 4.79 Å². The van der Waals surface area contributed by atoms with Crippen LogP contribution in [-0.4, -0.2) is 86.7 Å². The van der Waals surface area contributed by atoms with Crippen molar-refractivity contribution in [2.24, 2.45) is 10.9 Å². The number of aliphatic imine (C=N–C) groups is 1. The van der Waals surface area contributed by atoms with Gasteiger partial charge in [-0.3, -0.25) is 4.99 Å². The third-order valence-corrected chi connectivity index (χ3v) is 6.33. The molecule has 29 heavy (non-hydrogen) atoms. The maximum absolute atomic E-state index is 12.0. The molecule has 0 amide bonds. The maximum Gasteiger partial charge on any atom is 0.350 e. The van der Waals surface area contributed by atoms with E-state index in [0.29, 0.717) is 23.1 Å². The van der Waals surface area contributed by atoms with Crippen LogP contribution in [0.15, 0.2) is 4.99 Å². The normalized spacial score (nSPS) is 18.3. The SMILES string of the molecule is CCOC(=O)c1sc(C(C)NC(=NC)NCC(C)CN2CCN(C)CC2)nc1C. The number of rotatable bonds is 8. The summed E-state index contributed by atoms with van der Waals surface area (Å²) < 4.78 is 5.11. The smallest absolute Gasteiger partial charge is 0.350 e. The minimum Gasteiger partial charge on any atom is -0.462 e. The van der Waals surface area contributed by atoms with Gasteiger partial charge in [-0.05, 0) is 33.7 Å². The number of piperazine rings is 1. The number of aromatic nitrogens is 1. The molecule has 0 saturated carbocycles. The monoisotopic (exact) mass is 424 g/mol. The zero-order chi connectivity index (χ0) is 21.4. The Labute approximate surface area is 178 Å². The first kappa shape index (κ1) is 23.6. The Morgan fingerprint density at radius 1 is 1.31 bits per heavy atom. The molecule has 2 N–H and O–H groups in total. The summed E-state index contributed by atoms with van der Waals surface area (Å²) in [6, 6.07) is -0.0546. The van der Waals surface area contributed by atoms with Crippen molar-refractivity contribution in [2.45, 2.75) is 33.7 Å². The van der Waals surface area contributed by atoms with E-state index in [4.69, 9.17) is 4.74 Å². The lowest BCUT2D eigenvalue weighted by Crippen LogP contribution is -2.47. The molecule has 2 atom stereocenters. The second kappa shape index (κ2) is 11.5. The van der Waals surface area contributed by atoms with Crippen molar-refractivity contribution in [2.75, 3.05) is 60.0 Å². The number of hydrogen-bond donors (Lipinski definition) is 2. The van der Waals surface area contributed by atoms with Crippen LogP contribution in [0.5, 0.6) is 0 Å². The van der Waals surface area contributed by atoms with Gasteiger partial charge in [0, 0.05) is 46.3 Å². The Hall–Kier alpha value is -1.71. The molecule has 0 aromatic carbocycles. The van der Waals surface area contributed by atoms with E-state index in [2.05, 4.69) is 44.4 Å². The van der Waals surface area contributed by atoms with E-state index in [0.717, 1.165) is 50.2 Å². The van der Waals surface area contributed by atoms with Crippen molar-refractivity contribution in [1.82, 2.24) is 25.4 Å². The molecular formula is C20H36N6O2S. The predicted molar refractivity (Wildman–Crippen MR) is 119 cm³/mol. The van der Waals surface area contributed by atoms with Gasteiger partial charge in [0.15, 0.2) is 5.96 Å². The van der Waals surface area contributed by atoms with Gasteiger partial charge in [0.1, 0.15) is 9.88 Å². The predicted octanol–water partition coefficient (Wildman–Crippen LogP) is 1.74. The number of esters is 1. The lowest BCUT2D eigenvalue weighted by Gasteiger charge is -2.34. The number of thiazole rings is 1. The molecule has 0 bridgehead atoms. The zero-order valence-electron chi connectivity index (χ0n) is 18.6. The van der Waals surface area contributed by atoms with Gasteiger partial charge in [0.05, 0.1) is 18.3 Å². The van der Waals surface area contributed by atoms with Gasteiger partial charge in [0.25, 0.3) is 0 Å². The van der Waals surface area contributed by atoms with Crippen molar-refractivity contribution in [3.05, 3.63) is 15.6 Å². The highest BCUT2D eigenvalue weighted by atomic mass is 32.1. The molecule has 1 aromatic heterocycles. The summed E-state index contributed by atoms with van der Waals surface area (Å²) in [5.74, 6) is 0.958. The topological polar surface area (TPSA) is 82.1 Å². The number of nitrogens with zero attached hydrogens (tertiary/aromatic N) is 4. The average molecular weight is 425 g/mol. The Balaban J connectivity index is 1.83. The Bertz CT molecular complexity index is 685. The van der Waals surface area contributed by atoms with Crippen LogP contribution in [0.1, 0.15) is 47.2 Å². The summed E-state index contributed by atoms with van der Waals surface area (Å²) in [5, 5.41) is 7.64. The third kappa shape index (κ3) is 7.24. The molecule has 0 aliphatic carbocycles. The number of hydrogen-bond acceptors (Lipinski definition) is 7. The van der Waals surface area contributed by atoms with Crippen molar-refractivity contribution >= 4 is 23.3 Å². The van der Waals surface area contributed by atoms with E-state index >= 15 is 0 Å². The van der Waals surface area contributed by atoms with Crippen LogP contribution in [0.3, 0.4) is 0 Å². The fourth-order valence-corrected chi connectivity index (χ4v) is 4.22. The van der Waals surface area contributed by atoms with Gasteiger partial charge in [0.2, 0.25) is 0 Å². The molecule has 2 heterocycles. The van der Waals surface area contributed by atoms with Crippen molar-refractivity contribution < 1.29 is 9.53 Å². The fraction of sp³-hybridized carbons (Fsp3) is 0.750. The molecule has 9 heteroatoms. The molecule has 0 spiro atoms. The van der Waals surface area contributed by atoms with Crippen LogP contribution in [0.2, 0.25) is 0 Å². The van der Waals surface area contributed by atoms with Crippen molar-refractivity contribution in [3.63, 3.8) is 0 Å². The molecule has 8 nitrogen and oxygen atoms in total. The van der Waals surface area contributed by atoms with E-state index in [1.165, 1.54) is 11.3 Å². The van der Waals surface area contributed by atoms with Gasteiger partial charge in [-0.2, -0.15) is 0 Å². The molecule has 1 fully saturated rings. The van der Waals surface area contributed by atoms with Crippen LogP contribution in [0.4, 0.5) is 0 Å². The van der Waals surface area contributed by atoms with Crippen LogP contribution < -0.4 is 10.6 Å². The third-order valence-electron chi connectivity index (χ3n) is 5.00. The van der Waals surface area contributed by atoms with Crippen LogP contribution >= 0.6 is 11.3 Å². The highest BCUT2D eigenvalue weighted by Crippen LogP contribution is 2.24. The number of carbonyl (C=O) groups excluding carboxylic acids is 1. The molecule has 164 valence electrons.